The molecule has 1 aromatic carbocycles. The predicted molar refractivity (Wildman–Crippen MR) is 66.7 cm³/mol. The largest absolute Gasteiger partial charge is 0.438 e. The Bertz CT molecular complexity index is 549. The van der Waals surface area contributed by atoms with Crippen molar-refractivity contribution in [2.75, 3.05) is 0 Å². The van der Waals surface area contributed by atoms with Crippen LogP contribution < -0.4 is 11.1 Å². The quantitative estimate of drug-likeness (QED) is 0.852. The molecule has 5 nitrogen and oxygen atoms in total. The van der Waals surface area contributed by atoms with Crippen molar-refractivity contribution in [2.24, 2.45) is 5.73 Å². The first-order chi connectivity index (χ1) is 8.69. The summed E-state index contributed by atoms with van der Waals surface area (Å²) in [7, 11) is 0. The first-order valence-corrected chi connectivity index (χ1v) is 5.67. The van der Waals surface area contributed by atoms with Gasteiger partial charge < -0.3 is 15.5 Å². The number of carbonyl (C=O) groups excluding carboxylic acids is 1. The summed E-state index contributed by atoms with van der Waals surface area (Å²) in [6.45, 7) is 2.66. The van der Waals surface area contributed by atoms with E-state index in [-0.39, 0.29) is 11.8 Å². The lowest BCUT2D eigenvalue weighted by molar-refractivity contribution is 0.0915. The van der Waals surface area contributed by atoms with Gasteiger partial charge in [-0.25, -0.2) is 4.98 Å². The van der Waals surface area contributed by atoms with Gasteiger partial charge in [0, 0.05) is 13.1 Å². The van der Waals surface area contributed by atoms with Gasteiger partial charge in [-0.05, 0) is 18.1 Å². The summed E-state index contributed by atoms with van der Waals surface area (Å²) in [5.41, 5.74) is 7.59. The summed E-state index contributed by atoms with van der Waals surface area (Å²) in [6.07, 6.45) is 1.52. The number of oxazole rings is 1. The van der Waals surface area contributed by atoms with E-state index in [0.29, 0.717) is 18.8 Å². The fourth-order valence-electron chi connectivity index (χ4n) is 1.58. The zero-order chi connectivity index (χ0) is 13.0. The van der Waals surface area contributed by atoms with E-state index in [9.17, 15) is 4.79 Å². The van der Waals surface area contributed by atoms with Crippen molar-refractivity contribution in [3.8, 4) is 0 Å². The molecule has 0 atom stereocenters. The van der Waals surface area contributed by atoms with Crippen molar-refractivity contribution in [1.29, 1.82) is 0 Å². The van der Waals surface area contributed by atoms with Gasteiger partial charge in [-0.2, -0.15) is 0 Å². The summed E-state index contributed by atoms with van der Waals surface area (Å²) in [4.78, 5) is 15.6. The Balaban J connectivity index is 1.97. The molecular formula is C13H15N3O2. The maximum absolute atomic E-state index is 11.7. The second kappa shape index (κ2) is 5.46. The Hall–Kier alpha value is -2.14. The molecule has 0 aliphatic rings. The Morgan fingerprint density at radius 3 is 2.89 bits per heavy atom. The van der Waals surface area contributed by atoms with Gasteiger partial charge in [-0.3, -0.25) is 4.79 Å². The number of nitrogens with two attached hydrogens (primary N) is 1. The Morgan fingerprint density at radius 2 is 2.22 bits per heavy atom. The highest BCUT2D eigenvalue weighted by atomic mass is 16.4. The minimum atomic E-state index is -0.318. The molecule has 94 valence electrons. The number of aryl methyl sites for hydroxylation is 1. The fourth-order valence-corrected chi connectivity index (χ4v) is 1.58. The minimum Gasteiger partial charge on any atom is -0.438 e. The molecule has 0 bridgehead atoms. The smallest absolute Gasteiger partial charge is 0.307 e. The van der Waals surface area contributed by atoms with Gasteiger partial charge in [0.15, 0.2) is 0 Å². The molecule has 2 rings (SSSR count). The minimum absolute atomic E-state index is 0.0856. The monoisotopic (exact) mass is 245 g/mol. The SMILES string of the molecule is Cc1cnc(C(=O)NCc2cccc(CN)c2)o1. The zero-order valence-electron chi connectivity index (χ0n) is 10.1. The van der Waals surface area contributed by atoms with E-state index >= 15 is 0 Å². The maximum Gasteiger partial charge on any atom is 0.307 e. The number of nitrogens with one attached hydrogen (secondary N) is 1. The van der Waals surface area contributed by atoms with Crippen LogP contribution in [-0.4, -0.2) is 10.9 Å². The van der Waals surface area contributed by atoms with E-state index in [1.54, 1.807) is 6.92 Å². The standard InChI is InChI=1S/C13H15N3O2/c1-9-7-16-13(18-9)12(17)15-8-11-4-2-3-10(5-11)6-14/h2-5,7H,6,8,14H2,1H3,(H,15,17). The van der Waals surface area contributed by atoms with Crippen molar-refractivity contribution in [2.45, 2.75) is 20.0 Å². The highest BCUT2D eigenvalue weighted by Gasteiger charge is 2.11. The molecule has 3 N–H and O–H groups in total. The zero-order valence-corrected chi connectivity index (χ0v) is 10.1. The van der Waals surface area contributed by atoms with Crippen LogP contribution in [0.4, 0.5) is 0 Å². The molecule has 0 saturated carbocycles. The number of nitrogens with zero attached hydrogens (tertiary/aromatic N) is 1. The molecule has 0 spiro atoms. The Labute approximate surface area is 105 Å². The van der Waals surface area contributed by atoms with Crippen LogP contribution in [0, 0.1) is 6.92 Å². The van der Waals surface area contributed by atoms with Gasteiger partial charge in [0.05, 0.1) is 6.20 Å². The Morgan fingerprint density at radius 1 is 1.44 bits per heavy atom. The molecule has 0 saturated heterocycles. The number of benzene rings is 1. The van der Waals surface area contributed by atoms with Crippen LogP contribution in [0.3, 0.4) is 0 Å². The second-order valence-corrected chi connectivity index (χ2v) is 3.98. The lowest BCUT2D eigenvalue weighted by Crippen LogP contribution is -2.23. The van der Waals surface area contributed by atoms with Gasteiger partial charge in [-0.15, -0.1) is 0 Å². The topological polar surface area (TPSA) is 81.2 Å². The van der Waals surface area contributed by atoms with E-state index < -0.39 is 0 Å². The Kier molecular flexibility index (Phi) is 3.74. The van der Waals surface area contributed by atoms with Crippen LogP contribution in [0.5, 0.6) is 0 Å². The van der Waals surface area contributed by atoms with Crippen molar-refractivity contribution >= 4 is 5.91 Å². The van der Waals surface area contributed by atoms with Crippen molar-refractivity contribution in [3.63, 3.8) is 0 Å². The second-order valence-electron chi connectivity index (χ2n) is 3.98. The van der Waals surface area contributed by atoms with Crippen LogP contribution >= 0.6 is 0 Å². The molecule has 0 radical (unpaired) electrons. The molecule has 1 heterocycles. The van der Waals surface area contributed by atoms with Crippen LogP contribution in [0.1, 0.15) is 27.6 Å². The number of hydrogen-bond donors (Lipinski definition) is 2. The molecule has 18 heavy (non-hydrogen) atoms. The number of aromatic nitrogens is 1. The summed E-state index contributed by atoms with van der Waals surface area (Å²) < 4.78 is 5.14. The molecule has 2 aromatic rings. The van der Waals surface area contributed by atoms with Crippen LogP contribution in [0.15, 0.2) is 34.9 Å². The number of rotatable bonds is 4. The highest BCUT2D eigenvalue weighted by molar-refractivity contribution is 5.89. The molecular weight excluding hydrogens is 230 g/mol. The first kappa shape index (κ1) is 12.3. The summed E-state index contributed by atoms with van der Waals surface area (Å²) in [5.74, 6) is 0.383. The summed E-state index contributed by atoms with van der Waals surface area (Å²) in [5, 5.41) is 2.74. The lowest BCUT2D eigenvalue weighted by Gasteiger charge is -2.04. The maximum atomic E-state index is 11.7. The van der Waals surface area contributed by atoms with Crippen molar-refractivity contribution in [1.82, 2.24) is 10.3 Å². The number of amides is 1. The van der Waals surface area contributed by atoms with E-state index in [4.69, 9.17) is 10.2 Å². The van der Waals surface area contributed by atoms with Gasteiger partial charge in [0.1, 0.15) is 5.76 Å². The van der Waals surface area contributed by atoms with Crippen molar-refractivity contribution < 1.29 is 9.21 Å². The fraction of sp³-hybridized carbons (Fsp3) is 0.231. The number of hydrogen-bond acceptors (Lipinski definition) is 4. The number of carbonyl (C=O) groups is 1. The third kappa shape index (κ3) is 2.95. The van der Waals surface area contributed by atoms with E-state index in [2.05, 4.69) is 10.3 Å². The third-order valence-electron chi connectivity index (χ3n) is 2.50. The van der Waals surface area contributed by atoms with Crippen LogP contribution in [0.2, 0.25) is 0 Å². The average Bonchev–Trinajstić information content (AvgIpc) is 2.83. The normalized spacial score (nSPS) is 10.3. The molecule has 5 heteroatoms. The molecule has 1 amide bonds. The predicted octanol–water partition coefficient (Wildman–Crippen LogP) is 1.37. The summed E-state index contributed by atoms with van der Waals surface area (Å²) >= 11 is 0. The molecule has 0 aliphatic carbocycles. The van der Waals surface area contributed by atoms with E-state index in [1.165, 1.54) is 6.20 Å². The van der Waals surface area contributed by atoms with Gasteiger partial charge in [0.25, 0.3) is 5.89 Å². The average molecular weight is 245 g/mol. The molecule has 0 unspecified atom stereocenters. The van der Waals surface area contributed by atoms with Gasteiger partial charge >= 0.3 is 5.91 Å². The van der Waals surface area contributed by atoms with E-state index in [0.717, 1.165) is 11.1 Å². The third-order valence-corrected chi connectivity index (χ3v) is 2.50. The lowest BCUT2D eigenvalue weighted by atomic mass is 10.1. The van der Waals surface area contributed by atoms with Gasteiger partial charge in [0.2, 0.25) is 0 Å². The highest BCUT2D eigenvalue weighted by Crippen LogP contribution is 2.05. The summed E-state index contributed by atoms with van der Waals surface area (Å²) in [6, 6.07) is 7.75. The van der Waals surface area contributed by atoms with E-state index in [1.807, 2.05) is 24.3 Å². The van der Waals surface area contributed by atoms with Crippen LogP contribution in [-0.2, 0) is 13.1 Å². The molecule has 1 aromatic heterocycles. The van der Waals surface area contributed by atoms with Crippen molar-refractivity contribution in [3.05, 3.63) is 53.2 Å². The first-order valence-electron chi connectivity index (χ1n) is 5.67. The van der Waals surface area contributed by atoms with Crippen LogP contribution in [0.25, 0.3) is 0 Å². The van der Waals surface area contributed by atoms with Gasteiger partial charge in [-0.1, -0.05) is 24.3 Å². The molecule has 0 fully saturated rings. The molecule has 0 aliphatic heterocycles.